The minimum Gasteiger partial charge on any atom is -0.325 e. The normalized spacial score (nSPS) is 15.4. The van der Waals surface area contributed by atoms with Gasteiger partial charge in [0.1, 0.15) is 0 Å². The van der Waals surface area contributed by atoms with Crippen molar-refractivity contribution in [3.05, 3.63) is 24.3 Å². The Labute approximate surface area is 64.8 Å². The van der Waals surface area contributed by atoms with Gasteiger partial charge >= 0.3 is 0 Å². The Morgan fingerprint density at radius 2 is 2.22 bits per heavy atom. The van der Waals surface area contributed by atoms with Crippen LogP contribution >= 0.6 is 15.9 Å². The fraction of sp³-hybridized carbons (Fsp3) is 0.429. The largest absolute Gasteiger partial charge is 0.325 e. The third-order valence-electron chi connectivity index (χ3n) is 0.751. The van der Waals surface area contributed by atoms with Crippen molar-refractivity contribution in [1.29, 1.82) is 0 Å². The third kappa shape index (κ3) is 7.92. The summed E-state index contributed by atoms with van der Waals surface area (Å²) in [5.74, 6) is 0. The van der Waals surface area contributed by atoms with E-state index in [1.54, 1.807) is 0 Å². The molecule has 1 nitrogen and oxygen atoms in total. The molecule has 0 unspecified atom stereocenters. The first-order chi connectivity index (χ1) is 4.27. The van der Waals surface area contributed by atoms with E-state index in [4.69, 9.17) is 5.73 Å². The molecule has 1 atom stereocenters. The van der Waals surface area contributed by atoms with Crippen LogP contribution in [0, 0.1) is 0 Å². The van der Waals surface area contributed by atoms with Gasteiger partial charge in [-0.05, 0) is 6.92 Å². The van der Waals surface area contributed by atoms with Crippen LogP contribution < -0.4 is 5.73 Å². The van der Waals surface area contributed by atoms with Crippen LogP contribution in [-0.2, 0) is 0 Å². The highest BCUT2D eigenvalue weighted by Crippen LogP contribution is 1.84. The van der Waals surface area contributed by atoms with Gasteiger partial charge in [-0.1, -0.05) is 40.2 Å². The summed E-state index contributed by atoms with van der Waals surface area (Å²) in [5.41, 5.74) is 5.44. The summed E-state index contributed by atoms with van der Waals surface area (Å²) >= 11 is 3.26. The van der Waals surface area contributed by atoms with Gasteiger partial charge in [0.2, 0.25) is 0 Å². The van der Waals surface area contributed by atoms with Crippen molar-refractivity contribution in [3.8, 4) is 0 Å². The summed E-state index contributed by atoms with van der Waals surface area (Å²) < 4.78 is 0. The topological polar surface area (TPSA) is 26.0 Å². The second-order valence-electron chi connectivity index (χ2n) is 1.83. The van der Waals surface area contributed by atoms with Crippen LogP contribution in [0.3, 0.4) is 0 Å². The van der Waals surface area contributed by atoms with Crippen LogP contribution in [0.4, 0.5) is 0 Å². The van der Waals surface area contributed by atoms with Crippen molar-refractivity contribution < 1.29 is 0 Å². The Morgan fingerprint density at radius 3 is 2.67 bits per heavy atom. The molecule has 0 rings (SSSR count). The first-order valence-electron chi connectivity index (χ1n) is 2.92. The molecule has 0 fully saturated rings. The van der Waals surface area contributed by atoms with Crippen molar-refractivity contribution in [3.63, 3.8) is 0 Å². The van der Waals surface area contributed by atoms with Gasteiger partial charge in [-0.2, -0.15) is 0 Å². The minimum absolute atomic E-state index is 0.157. The number of halogens is 1. The van der Waals surface area contributed by atoms with Gasteiger partial charge in [-0.15, -0.1) is 0 Å². The second-order valence-corrected chi connectivity index (χ2v) is 2.47. The number of allylic oxidation sites excluding steroid dienone is 3. The molecule has 0 amide bonds. The predicted octanol–water partition coefficient (Wildman–Crippen LogP) is 1.84. The van der Waals surface area contributed by atoms with E-state index in [-0.39, 0.29) is 6.04 Å². The molecule has 52 valence electrons. The maximum Gasteiger partial charge on any atom is 0.0215 e. The van der Waals surface area contributed by atoms with Gasteiger partial charge in [0, 0.05) is 11.4 Å². The van der Waals surface area contributed by atoms with Gasteiger partial charge in [0.05, 0.1) is 0 Å². The fourth-order valence-corrected chi connectivity index (χ4v) is 0.585. The smallest absolute Gasteiger partial charge is 0.0215 e. The lowest BCUT2D eigenvalue weighted by Gasteiger charge is -1.89. The number of rotatable bonds is 3. The Morgan fingerprint density at radius 1 is 1.56 bits per heavy atom. The number of hydrogen-bond acceptors (Lipinski definition) is 1. The highest BCUT2D eigenvalue weighted by molar-refractivity contribution is 9.09. The molecule has 2 N–H and O–H groups in total. The van der Waals surface area contributed by atoms with Gasteiger partial charge in [-0.3, -0.25) is 0 Å². The molecule has 0 aliphatic rings. The lowest BCUT2D eigenvalue weighted by molar-refractivity contribution is 0.926. The lowest BCUT2D eigenvalue weighted by atomic mass is 10.3. The monoisotopic (exact) mass is 189 g/mol. The van der Waals surface area contributed by atoms with E-state index in [1.165, 1.54) is 0 Å². The summed E-state index contributed by atoms with van der Waals surface area (Å²) in [7, 11) is 0. The van der Waals surface area contributed by atoms with Crippen LogP contribution in [-0.4, -0.2) is 11.4 Å². The molecule has 0 spiro atoms. The maximum absolute atomic E-state index is 5.44. The van der Waals surface area contributed by atoms with E-state index in [1.807, 2.05) is 31.2 Å². The molecule has 0 bridgehead atoms. The van der Waals surface area contributed by atoms with Crippen molar-refractivity contribution in [2.24, 2.45) is 5.73 Å². The highest BCUT2D eigenvalue weighted by atomic mass is 79.9. The van der Waals surface area contributed by atoms with E-state index in [0.717, 1.165) is 5.33 Å². The molecule has 0 aliphatic carbocycles. The predicted molar refractivity (Wildman–Crippen MR) is 45.7 cm³/mol. The standard InChI is InChI=1S/C7H12BrN/c1-7(9)5-3-2-4-6-8/h2-5,7H,6,9H2,1H3/b4-2-,5-3-/t7-/m1/s1. The number of alkyl halides is 1. The van der Waals surface area contributed by atoms with Crippen molar-refractivity contribution in [2.45, 2.75) is 13.0 Å². The van der Waals surface area contributed by atoms with Crippen molar-refractivity contribution in [1.82, 2.24) is 0 Å². The van der Waals surface area contributed by atoms with Crippen LogP contribution in [0.15, 0.2) is 24.3 Å². The molecule has 0 aliphatic heterocycles. The Kier molecular flexibility index (Phi) is 5.99. The molecule has 0 aromatic carbocycles. The first kappa shape index (κ1) is 8.92. The van der Waals surface area contributed by atoms with Crippen LogP contribution in [0.5, 0.6) is 0 Å². The molecule has 9 heavy (non-hydrogen) atoms. The van der Waals surface area contributed by atoms with Gasteiger partial charge in [0.25, 0.3) is 0 Å². The molecule has 0 heterocycles. The average Bonchev–Trinajstić information content (AvgIpc) is 1.80. The van der Waals surface area contributed by atoms with Crippen molar-refractivity contribution >= 4 is 15.9 Å². The summed E-state index contributed by atoms with van der Waals surface area (Å²) in [4.78, 5) is 0. The van der Waals surface area contributed by atoms with Gasteiger partial charge < -0.3 is 5.73 Å². The molecule has 0 radical (unpaired) electrons. The Hall–Kier alpha value is -0.0800. The van der Waals surface area contributed by atoms with E-state index in [0.29, 0.717) is 0 Å². The van der Waals surface area contributed by atoms with Crippen LogP contribution in [0.1, 0.15) is 6.92 Å². The average molecular weight is 190 g/mol. The summed E-state index contributed by atoms with van der Waals surface area (Å²) in [6.07, 6.45) is 7.88. The molecule has 0 saturated carbocycles. The molecule has 0 saturated heterocycles. The minimum atomic E-state index is 0.157. The lowest BCUT2D eigenvalue weighted by Crippen LogP contribution is -2.09. The molecule has 2 heteroatoms. The van der Waals surface area contributed by atoms with E-state index >= 15 is 0 Å². The maximum atomic E-state index is 5.44. The fourth-order valence-electron chi connectivity index (χ4n) is 0.369. The molecular weight excluding hydrogens is 178 g/mol. The van der Waals surface area contributed by atoms with E-state index in [9.17, 15) is 0 Å². The SMILES string of the molecule is C[C@@H](N)/C=C\C=C/CBr. The summed E-state index contributed by atoms with van der Waals surface area (Å²) in [6, 6.07) is 0.157. The first-order valence-corrected chi connectivity index (χ1v) is 4.04. The quantitative estimate of drug-likeness (QED) is 0.533. The zero-order valence-electron chi connectivity index (χ0n) is 5.55. The molecule has 0 aromatic rings. The van der Waals surface area contributed by atoms with Crippen molar-refractivity contribution in [2.75, 3.05) is 5.33 Å². The summed E-state index contributed by atoms with van der Waals surface area (Å²) in [6.45, 7) is 1.94. The zero-order chi connectivity index (χ0) is 7.11. The number of nitrogens with two attached hydrogens (primary N) is 1. The van der Waals surface area contributed by atoms with Gasteiger partial charge in [0.15, 0.2) is 0 Å². The van der Waals surface area contributed by atoms with E-state index in [2.05, 4.69) is 15.9 Å². The third-order valence-corrected chi connectivity index (χ3v) is 1.12. The van der Waals surface area contributed by atoms with Crippen LogP contribution in [0.25, 0.3) is 0 Å². The number of hydrogen-bond donors (Lipinski definition) is 1. The molecule has 0 aromatic heterocycles. The highest BCUT2D eigenvalue weighted by Gasteiger charge is 1.77. The Balaban J connectivity index is 3.35. The Bertz CT molecular complexity index is 105. The van der Waals surface area contributed by atoms with Gasteiger partial charge in [-0.25, -0.2) is 0 Å². The van der Waals surface area contributed by atoms with Crippen LogP contribution in [0.2, 0.25) is 0 Å². The second kappa shape index (κ2) is 6.05. The summed E-state index contributed by atoms with van der Waals surface area (Å²) in [5, 5.41) is 0.899. The zero-order valence-corrected chi connectivity index (χ0v) is 7.14. The van der Waals surface area contributed by atoms with E-state index < -0.39 is 0 Å². The molecular formula is C7H12BrN.